The molecule has 32 heavy (non-hydrogen) atoms. The van der Waals surface area contributed by atoms with Gasteiger partial charge in [-0.15, -0.1) is 0 Å². The molecular weight excluding hydrogens is 412 g/mol. The van der Waals surface area contributed by atoms with Gasteiger partial charge in [-0.2, -0.15) is 0 Å². The molecule has 2 saturated heterocycles. The van der Waals surface area contributed by atoms with Crippen LogP contribution in [0.25, 0.3) is 0 Å². The summed E-state index contributed by atoms with van der Waals surface area (Å²) in [5, 5.41) is 30.8. The third kappa shape index (κ3) is 8.75. The van der Waals surface area contributed by atoms with Gasteiger partial charge in [0.25, 0.3) is 0 Å². The summed E-state index contributed by atoms with van der Waals surface area (Å²) < 4.78 is 16.8. The van der Waals surface area contributed by atoms with Gasteiger partial charge in [0, 0.05) is 17.9 Å². The van der Waals surface area contributed by atoms with Crippen molar-refractivity contribution in [3.8, 4) is 0 Å². The van der Waals surface area contributed by atoms with Crippen LogP contribution >= 0.6 is 0 Å². The third-order valence-electron chi connectivity index (χ3n) is 6.80. The lowest BCUT2D eigenvalue weighted by Crippen LogP contribution is -2.50. The maximum atomic E-state index is 12.0. The van der Waals surface area contributed by atoms with Crippen molar-refractivity contribution in [2.24, 2.45) is 11.8 Å². The minimum Gasteiger partial charge on any atom is -0.463 e. The Morgan fingerprint density at radius 3 is 2.47 bits per heavy atom. The van der Waals surface area contributed by atoms with Gasteiger partial charge in [-0.05, 0) is 33.1 Å². The lowest BCUT2D eigenvalue weighted by molar-refractivity contribution is -0.165. The van der Waals surface area contributed by atoms with Crippen LogP contribution < -0.4 is 0 Å². The van der Waals surface area contributed by atoms with E-state index in [1.54, 1.807) is 13.8 Å². The fourth-order valence-corrected chi connectivity index (χ4v) is 4.39. The highest BCUT2D eigenvalue weighted by atomic mass is 16.6. The van der Waals surface area contributed by atoms with E-state index >= 15 is 0 Å². The molecule has 0 radical (unpaired) electrons. The molecule has 0 spiro atoms. The Kier molecular flexibility index (Phi) is 11.6. The summed E-state index contributed by atoms with van der Waals surface area (Å²) in [6, 6.07) is 0. The monoisotopic (exact) mass is 456 g/mol. The molecule has 8 atom stereocenters. The Hall–Kier alpha value is -0.990. The summed E-state index contributed by atoms with van der Waals surface area (Å²) >= 11 is 0. The average molecular weight is 457 g/mol. The quantitative estimate of drug-likeness (QED) is 0.159. The van der Waals surface area contributed by atoms with Gasteiger partial charge in [-0.1, -0.05) is 51.5 Å². The number of carbonyl (C=O) groups excluding carboxylic acids is 1. The van der Waals surface area contributed by atoms with Crippen molar-refractivity contribution in [2.75, 3.05) is 13.2 Å². The first-order chi connectivity index (χ1) is 15.2. The Bertz CT molecular complexity index is 591. The predicted octanol–water partition coefficient (Wildman–Crippen LogP) is 3.14. The van der Waals surface area contributed by atoms with Crippen molar-refractivity contribution in [1.82, 2.24) is 0 Å². The van der Waals surface area contributed by atoms with E-state index in [9.17, 15) is 20.1 Å². The van der Waals surface area contributed by atoms with Crippen LogP contribution in [0.15, 0.2) is 11.6 Å². The Morgan fingerprint density at radius 1 is 1.09 bits per heavy atom. The first kappa shape index (κ1) is 27.3. The minimum atomic E-state index is -1.03. The van der Waals surface area contributed by atoms with E-state index in [2.05, 4.69) is 6.92 Å². The van der Waals surface area contributed by atoms with E-state index in [1.807, 2.05) is 6.92 Å². The zero-order chi connectivity index (χ0) is 23.7. The summed E-state index contributed by atoms with van der Waals surface area (Å²) in [5.74, 6) is -0.555. The van der Waals surface area contributed by atoms with Gasteiger partial charge < -0.3 is 29.5 Å². The molecule has 186 valence electrons. The molecule has 0 saturated carbocycles. The van der Waals surface area contributed by atoms with E-state index in [1.165, 1.54) is 31.8 Å². The summed E-state index contributed by atoms with van der Waals surface area (Å²) in [6.45, 7) is 8.44. The summed E-state index contributed by atoms with van der Waals surface area (Å²) in [7, 11) is 0. The van der Waals surface area contributed by atoms with Crippen LogP contribution in [-0.2, 0) is 19.0 Å². The molecule has 2 rings (SSSR count). The molecule has 2 heterocycles. The molecule has 7 nitrogen and oxygen atoms in total. The number of unbranched alkanes of at least 4 members (excludes halogenated alkanes) is 5. The fraction of sp³-hybridized carbons (Fsp3) is 0.880. The van der Waals surface area contributed by atoms with Gasteiger partial charge >= 0.3 is 5.97 Å². The first-order valence-electron chi connectivity index (χ1n) is 12.4. The van der Waals surface area contributed by atoms with Gasteiger partial charge in [-0.25, -0.2) is 4.79 Å². The summed E-state index contributed by atoms with van der Waals surface area (Å²) in [5.41, 5.74) is 0.754. The molecule has 0 unspecified atom stereocenters. The second-order valence-electron chi connectivity index (χ2n) is 9.72. The average Bonchev–Trinajstić information content (AvgIpc) is 3.51. The van der Waals surface area contributed by atoms with Crippen LogP contribution in [0.3, 0.4) is 0 Å². The maximum Gasteiger partial charge on any atom is 0.330 e. The highest BCUT2D eigenvalue weighted by molar-refractivity contribution is 5.82. The number of carbonyl (C=O) groups is 1. The predicted molar refractivity (Wildman–Crippen MR) is 122 cm³/mol. The van der Waals surface area contributed by atoms with Crippen LogP contribution in [0.4, 0.5) is 0 Å². The van der Waals surface area contributed by atoms with E-state index in [4.69, 9.17) is 14.2 Å². The van der Waals surface area contributed by atoms with Crippen molar-refractivity contribution < 1.29 is 34.3 Å². The molecule has 2 aliphatic heterocycles. The van der Waals surface area contributed by atoms with Gasteiger partial charge in [-0.3, -0.25) is 0 Å². The fourth-order valence-electron chi connectivity index (χ4n) is 4.39. The van der Waals surface area contributed by atoms with Crippen molar-refractivity contribution >= 4 is 5.97 Å². The van der Waals surface area contributed by atoms with Crippen molar-refractivity contribution in [2.45, 2.75) is 116 Å². The van der Waals surface area contributed by atoms with Gasteiger partial charge in [0.2, 0.25) is 0 Å². The van der Waals surface area contributed by atoms with E-state index in [-0.39, 0.29) is 30.0 Å². The highest BCUT2D eigenvalue weighted by Crippen LogP contribution is 2.38. The van der Waals surface area contributed by atoms with Crippen LogP contribution in [0.5, 0.6) is 0 Å². The smallest absolute Gasteiger partial charge is 0.330 e. The van der Waals surface area contributed by atoms with Crippen LogP contribution in [-0.4, -0.2) is 71.1 Å². The molecular formula is C25H44O7. The van der Waals surface area contributed by atoms with Gasteiger partial charge in [0.1, 0.15) is 6.10 Å². The summed E-state index contributed by atoms with van der Waals surface area (Å²) in [4.78, 5) is 12.0. The first-order valence-corrected chi connectivity index (χ1v) is 12.4. The molecule has 0 amide bonds. The molecule has 7 heteroatoms. The molecule has 3 N–H and O–H groups in total. The molecule has 0 aliphatic carbocycles. The lowest BCUT2D eigenvalue weighted by atomic mass is 9.85. The number of esters is 1. The topological polar surface area (TPSA) is 109 Å². The zero-order valence-electron chi connectivity index (χ0n) is 20.2. The van der Waals surface area contributed by atoms with E-state index in [0.29, 0.717) is 26.1 Å². The molecule has 0 aromatic heterocycles. The van der Waals surface area contributed by atoms with Gasteiger partial charge in [0.05, 0.1) is 43.7 Å². The number of hydrogen-bond acceptors (Lipinski definition) is 7. The Morgan fingerprint density at radius 2 is 1.78 bits per heavy atom. The lowest BCUT2D eigenvalue weighted by Gasteiger charge is -2.38. The van der Waals surface area contributed by atoms with E-state index in [0.717, 1.165) is 18.4 Å². The Labute approximate surface area is 193 Å². The number of aliphatic hydroxyl groups excluding tert-OH is 3. The van der Waals surface area contributed by atoms with Crippen molar-refractivity contribution in [3.63, 3.8) is 0 Å². The van der Waals surface area contributed by atoms with Crippen LogP contribution in [0, 0.1) is 11.8 Å². The third-order valence-corrected chi connectivity index (χ3v) is 6.80. The van der Waals surface area contributed by atoms with Crippen molar-refractivity contribution in [3.05, 3.63) is 11.6 Å². The molecule has 0 bridgehead atoms. The highest BCUT2D eigenvalue weighted by Gasteiger charge is 2.48. The molecule has 0 aromatic carbocycles. The van der Waals surface area contributed by atoms with Crippen LogP contribution in [0.2, 0.25) is 0 Å². The van der Waals surface area contributed by atoms with Gasteiger partial charge in [0.15, 0.2) is 0 Å². The second-order valence-corrected chi connectivity index (χ2v) is 9.72. The molecule has 0 aromatic rings. The second kappa shape index (κ2) is 13.7. The number of hydrogen-bond donors (Lipinski definition) is 3. The van der Waals surface area contributed by atoms with E-state index < -0.39 is 24.4 Å². The molecule has 2 fully saturated rings. The number of epoxide rings is 1. The number of ether oxygens (including phenoxy) is 3. The normalized spacial score (nSPS) is 32.4. The molecule has 2 aliphatic rings. The zero-order valence-corrected chi connectivity index (χ0v) is 20.2. The standard InChI is InChI=1S/C25H44O7/c1-5-6-7-8-9-10-11-30-22(27)13-16(2)12-20-24(29)23(28)19(15-31-20)14-21-25(32-21)17(3)18(4)26/h13,17-21,23-26,28-29H,5-12,14-15H2,1-4H3/b16-13+/t17-,18-,19+,20-,21-,23+,24-,25-/m0/s1. The number of rotatable bonds is 14. The Balaban J connectivity index is 1.68. The largest absolute Gasteiger partial charge is 0.463 e. The maximum absolute atomic E-state index is 12.0. The van der Waals surface area contributed by atoms with Crippen LogP contribution in [0.1, 0.15) is 79.1 Å². The summed E-state index contributed by atoms with van der Waals surface area (Å²) in [6.07, 6.45) is 6.26. The SMILES string of the molecule is CCCCCCCCOC(=O)/C=C(\C)C[C@@H]1OC[C@@H](C[C@@H]2O[C@H]2[C@@H](C)[C@H](C)O)[C@@H](O)[C@H]1O. The number of aliphatic hydroxyl groups is 3. The minimum absolute atomic E-state index is 0.00963. The van der Waals surface area contributed by atoms with Crippen molar-refractivity contribution in [1.29, 1.82) is 0 Å².